The Hall–Kier alpha value is -3.11. The molecule has 0 aliphatic carbocycles. The summed E-state index contributed by atoms with van der Waals surface area (Å²) in [7, 11) is 0. The van der Waals surface area contributed by atoms with Gasteiger partial charge in [0.05, 0.1) is 30.8 Å². The molecule has 2 aromatic heterocycles. The highest BCUT2D eigenvalue weighted by Gasteiger charge is 2.55. The van der Waals surface area contributed by atoms with E-state index in [1.807, 2.05) is 0 Å². The molecule has 1 saturated heterocycles. The maximum absolute atomic E-state index is 12.0. The van der Waals surface area contributed by atoms with Crippen molar-refractivity contribution in [1.29, 1.82) is 0 Å². The van der Waals surface area contributed by atoms with Crippen molar-refractivity contribution in [3.05, 3.63) is 85.7 Å². The zero-order valence-corrected chi connectivity index (χ0v) is 25.5. The molecular weight excluding hydrogens is 642 g/mol. The lowest BCUT2D eigenvalue weighted by molar-refractivity contribution is -0.130. The first-order valence-corrected chi connectivity index (χ1v) is 14.3. The molecule has 14 heteroatoms. The Morgan fingerprint density at radius 2 is 1.74 bits per heavy atom. The van der Waals surface area contributed by atoms with Gasteiger partial charge in [-0.1, -0.05) is 64.5 Å². The van der Waals surface area contributed by atoms with Gasteiger partial charge in [-0.25, -0.2) is 14.8 Å². The number of ether oxygens (including phenoxy) is 3. The third-order valence-electron chi connectivity index (χ3n) is 6.90. The average Bonchev–Trinajstić information content (AvgIpc) is 3.42. The molecule has 0 radical (unpaired) electrons. The van der Waals surface area contributed by atoms with Gasteiger partial charge in [0.15, 0.2) is 6.23 Å². The van der Waals surface area contributed by atoms with Crippen molar-refractivity contribution >= 4 is 69.2 Å². The Balaban J connectivity index is 1.48. The highest BCUT2D eigenvalue weighted by atomic mass is 35.5. The molecule has 10 nitrogen and oxygen atoms in total. The fourth-order valence-electron chi connectivity index (χ4n) is 4.89. The first-order valence-electron chi connectivity index (χ1n) is 12.8. The quantitative estimate of drug-likeness (QED) is 0.208. The predicted molar refractivity (Wildman–Crippen MR) is 162 cm³/mol. The minimum atomic E-state index is -1.67. The monoisotopic (exact) mass is 664 g/mol. The number of nitrogen functional groups attached to an aromatic ring is 1. The van der Waals surface area contributed by atoms with Crippen molar-refractivity contribution in [3.8, 4) is 11.8 Å². The Bertz CT molecular complexity index is 1750. The number of hydrogen-bond acceptors (Lipinski definition) is 8. The van der Waals surface area contributed by atoms with Crippen molar-refractivity contribution in [3.63, 3.8) is 0 Å². The molecule has 224 valence electrons. The Labute approximate surface area is 266 Å². The van der Waals surface area contributed by atoms with Gasteiger partial charge in [0, 0.05) is 32.2 Å². The third kappa shape index (κ3) is 6.70. The maximum Gasteiger partial charge on any atom is 0.382 e. The van der Waals surface area contributed by atoms with E-state index in [2.05, 4.69) is 21.8 Å². The molecule has 0 spiro atoms. The summed E-state index contributed by atoms with van der Waals surface area (Å²) >= 11 is 24.7. The summed E-state index contributed by atoms with van der Waals surface area (Å²) in [5.41, 5.74) is 6.32. The van der Waals surface area contributed by atoms with Crippen LogP contribution in [0.25, 0.3) is 11.0 Å². The predicted octanol–water partition coefficient (Wildman–Crippen LogP) is 5.51. The maximum atomic E-state index is 12.0. The summed E-state index contributed by atoms with van der Waals surface area (Å²) in [5.74, 6) is 3.40. The SMILES string of the molecule is C[C@@]1(O)[C@H](OCc2ccc(Cl)cc2Cl)[C@@H](COCc2ccc(Cl)cc2Cl)O[C@H]1n1cc(C#CC(=O)O)c2c(N)ncnc21. The van der Waals surface area contributed by atoms with Crippen LogP contribution in [0.2, 0.25) is 20.1 Å². The number of benzene rings is 2. The third-order valence-corrected chi connectivity index (χ3v) is 8.07. The number of aliphatic carboxylic acids is 1. The Morgan fingerprint density at radius 1 is 1.09 bits per heavy atom. The second kappa shape index (κ2) is 12.9. The minimum absolute atomic E-state index is 0.00657. The van der Waals surface area contributed by atoms with E-state index >= 15 is 0 Å². The van der Waals surface area contributed by atoms with Crippen LogP contribution in [0.1, 0.15) is 29.8 Å². The number of rotatable bonds is 8. The number of carboxylic acids is 1. The van der Waals surface area contributed by atoms with Crippen molar-refractivity contribution in [2.75, 3.05) is 12.3 Å². The van der Waals surface area contributed by atoms with Crippen LogP contribution in [0.4, 0.5) is 5.82 Å². The summed E-state index contributed by atoms with van der Waals surface area (Å²) in [6, 6.07) is 10.1. The van der Waals surface area contributed by atoms with Gasteiger partial charge in [0.25, 0.3) is 0 Å². The molecule has 0 amide bonds. The number of carboxylic acid groups (broad SMARTS) is 1. The number of halogens is 4. The Morgan fingerprint density at radius 3 is 2.37 bits per heavy atom. The number of anilines is 1. The summed E-state index contributed by atoms with van der Waals surface area (Å²) < 4.78 is 20.1. The fourth-order valence-corrected chi connectivity index (χ4v) is 5.81. The smallest absolute Gasteiger partial charge is 0.382 e. The number of fused-ring (bicyclic) bond motifs is 1. The molecule has 2 aromatic carbocycles. The molecule has 4 N–H and O–H groups in total. The van der Waals surface area contributed by atoms with Crippen molar-refractivity contribution in [2.24, 2.45) is 0 Å². The van der Waals surface area contributed by atoms with Crippen LogP contribution in [-0.2, 0) is 32.2 Å². The van der Waals surface area contributed by atoms with Gasteiger partial charge < -0.3 is 34.7 Å². The number of nitrogens with two attached hydrogens (primary N) is 1. The number of hydrogen-bond donors (Lipinski definition) is 3. The second-order valence-electron chi connectivity index (χ2n) is 9.93. The number of aliphatic hydroxyl groups is 1. The molecule has 1 fully saturated rings. The molecule has 0 unspecified atom stereocenters. The standard InChI is InChI=1S/C29H24Cl4N4O6/c1-29(40)25(42-12-17-3-6-19(31)9-21(17)33)22(13-41-11-16-2-5-18(30)8-20(16)32)43-28(29)37-10-15(4-7-23(38)39)24-26(34)35-14-36-27(24)37/h2-3,5-6,8-10,14,22,25,28,40H,11-13H2,1H3,(H,38,39)(H2,34,35,36)/t22-,25-,28-,29-/m1/s1. The lowest BCUT2D eigenvalue weighted by Crippen LogP contribution is -2.46. The van der Waals surface area contributed by atoms with Gasteiger partial charge in [0.1, 0.15) is 35.6 Å². The summed E-state index contributed by atoms with van der Waals surface area (Å²) in [6.07, 6.45) is -0.0473. The molecule has 1 aliphatic rings. The van der Waals surface area contributed by atoms with Crippen molar-refractivity contribution in [2.45, 2.75) is 44.2 Å². The molecular formula is C29H24Cl4N4O6. The second-order valence-corrected chi connectivity index (χ2v) is 11.6. The lowest BCUT2D eigenvalue weighted by atomic mass is 9.96. The average molecular weight is 666 g/mol. The van der Waals surface area contributed by atoms with Crippen LogP contribution in [-0.4, -0.2) is 55.1 Å². The van der Waals surface area contributed by atoms with E-state index in [-0.39, 0.29) is 36.8 Å². The number of nitrogens with zero attached hydrogens (tertiary/aromatic N) is 3. The van der Waals surface area contributed by atoms with Crippen LogP contribution < -0.4 is 5.73 Å². The first kappa shape index (κ1) is 31.3. The van der Waals surface area contributed by atoms with Gasteiger partial charge in [-0.15, -0.1) is 0 Å². The molecule has 5 rings (SSSR count). The van der Waals surface area contributed by atoms with Gasteiger partial charge in [-0.05, 0) is 42.3 Å². The van der Waals surface area contributed by atoms with Gasteiger partial charge in [0.2, 0.25) is 0 Å². The molecule has 0 saturated carbocycles. The molecule has 4 aromatic rings. The van der Waals surface area contributed by atoms with Gasteiger partial charge >= 0.3 is 5.97 Å². The van der Waals surface area contributed by atoms with E-state index in [9.17, 15) is 9.90 Å². The molecule has 43 heavy (non-hydrogen) atoms. The van der Waals surface area contributed by atoms with E-state index < -0.39 is 30.0 Å². The normalized spacial score (nSPS) is 21.6. The highest BCUT2D eigenvalue weighted by Crippen LogP contribution is 2.43. The van der Waals surface area contributed by atoms with E-state index in [1.54, 1.807) is 43.3 Å². The molecule has 0 bridgehead atoms. The summed E-state index contributed by atoms with van der Waals surface area (Å²) in [6.45, 7) is 1.74. The van der Waals surface area contributed by atoms with E-state index in [0.29, 0.717) is 36.6 Å². The zero-order valence-electron chi connectivity index (χ0n) is 22.4. The number of carbonyl (C=O) groups is 1. The molecule has 1 aliphatic heterocycles. The first-order chi connectivity index (χ1) is 20.5. The van der Waals surface area contributed by atoms with E-state index in [0.717, 1.165) is 0 Å². The van der Waals surface area contributed by atoms with Crippen LogP contribution in [0.15, 0.2) is 48.9 Å². The zero-order chi connectivity index (χ0) is 30.9. The van der Waals surface area contributed by atoms with E-state index in [1.165, 1.54) is 17.1 Å². The van der Waals surface area contributed by atoms with Crippen molar-refractivity contribution in [1.82, 2.24) is 14.5 Å². The summed E-state index contributed by atoms with van der Waals surface area (Å²) in [4.78, 5) is 19.5. The fraction of sp³-hybridized carbons (Fsp3) is 0.276. The summed E-state index contributed by atoms with van der Waals surface area (Å²) in [5, 5.41) is 23.2. The van der Waals surface area contributed by atoms with Gasteiger partial charge in [-0.3, -0.25) is 0 Å². The van der Waals surface area contributed by atoms with Crippen LogP contribution in [0, 0.1) is 11.8 Å². The number of aromatic nitrogens is 3. The molecule has 3 heterocycles. The highest BCUT2D eigenvalue weighted by molar-refractivity contribution is 6.35. The topological polar surface area (TPSA) is 142 Å². The van der Waals surface area contributed by atoms with E-state index in [4.69, 9.17) is 71.5 Å². The van der Waals surface area contributed by atoms with Crippen LogP contribution >= 0.6 is 46.4 Å². The Kier molecular flexibility index (Phi) is 9.37. The van der Waals surface area contributed by atoms with Crippen LogP contribution in [0.3, 0.4) is 0 Å². The lowest BCUT2D eigenvalue weighted by Gasteiger charge is -2.30. The molecule has 4 atom stereocenters. The minimum Gasteiger partial charge on any atom is -0.472 e. The van der Waals surface area contributed by atoms with Gasteiger partial charge in [-0.2, -0.15) is 0 Å². The largest absolute Gasteiger partial charge is 0.472 e. The van der Waals surface area contributed by atoms with Crippen molar-refractivity contribution < 1.29 is 29.2 Å². The van der Waals surface area contributed by atoms with Crippen LogP contribution in [0.5, 0.6) is 0 Å².